The quantitative estimate of drug-likeness (QED) is 0.765. The Labute approximate surface area is 151 Å². The third-order valence-corrected chi connectivity index (χ3v) is 5.56. The Kier molecular flexibility index (Phi) is 5.96. The van der Waals surface area contributed by atoms with Crippen LogP contribution < -0.4 is 10.2 Å². The number of carbonyl (C=O) groups excluding carboxylic acids is 2. The van der Waals surface area contributed by atoms with Crippen LogP contribution in [-0.4, -0.2) is 38.0 Å². The zero-order chi connectivity index (χ0) is 17.6. The van der Waals surface area contributed by atoms with E-state index in [1.165, 1.54) is 28.7 Å². The number of hydrogen-bond acceptors (Lipinski definition) is 4. The lowest BCUT2D eigenvalue weighted by atomic mass is 10.1. The maximum absolute atomic E-state index is 12.3. The van der Waals surface area contributed by atoms with Crippen LogP contribution in [0.4, 0.5) is 0 Å². The van der Waals surface area contributed by atoms with Gasteiger partial charge in [-0.3, -0.25) is 9.59 Å². The number of hydrogen-bond donors (Lipinski definition) is 2. The fourth-order valence-electron chi connectivity index (χ4n) is 2.92. The minimum Gasteiger partial charge on any atom is -0.370 e. The number of morpholine rings is 1. The molecule has 0 unspecified atom stereocenters. The minimum atomic E-state index is -0.133. The standard InChI is InChI=1S/C19H22N2O3S/c1-14(22)17-6-7-18(25-17)19(23)20-12-15-4-2-3-5-16(15)13-21-8-10-24-11-9-21/h2-7H,8-13H2,1H3,(H,20,23)/p+1. The zero-order valence-electron chi connectivity index (χ0n) is 14.3. The van der Waals surface area contributed by atoms with Crippen molar-refractivity contribution in [2.45, 2.75) is 20.0 Å². The molecule has 6 heteroatoms. The van der Waals surface area contributed by atoms with E-state index in [2.05, 4.69) is 17.4 Å². The molecule has 0 atom stereocenters. The van der Waals surface area contributed by atoms with Gasteiger partial charge in [-0.25, -0.2) is 0 Å². The molecule has 5 nitrogen and oxygen atoms in total. The van der Waals surface area contributed by atoms with Crippen molar-refractivity contribution in [3.8, 4) is 0 Å². The summed E-state index contributed by atoms with van der Waals surface area (Å²) >= 11 is 1.24. The van der Waals surface area contributed by atoms with Crippen molar-refractivity contribution in [1.82, 2.24) is 5.32 Å². The van der Waals surface area contributed by atoms with E-state index in [-0.39, 0.29) is 11.7 Å². The predicted octanol–water partition coefficient (Wildman–Crippen LogP) is 1.30. The van der Waals surface area contributed by atoms with Crippen molar-refractivity contribution in [2.75, 3.05) is 26.3 Å². The fraction of sp³-hybridized carbons (Fsp3) is 0.368. The second-order valence-electron chi connectivity index (χ2n) is 6.21. The molecule has 1 saturated heterocycles. The van der Waals surface area contributed by atoms with Crippen LogP contribution in [0.2, 0.25) is 0 Å². The van der Waals surface area contributed by atoms with E-state index in [0.717, 1.165) is 38.4 Å². The largest absolute Gasteiger partial charge is 0.370 e. The monoisotopic (exact) mass is 359 g/mol. The van der Waals surface area contributed by atoms with E-state index in [1.807, 2.05) is 12.1 Å². The van der Waals surface area contributed by atoms with Crippen LogP contribution in [0.5, 0.6) is 0 Å². The van der Waals surface area contributed by atoms with Gasteiger partial charge in [0, 0.05) is 12.1 Å². The van der Waals surface area contributed by atoms with Gasteiger partial charge in [0.1, 0.15) is 19.6 Å². The van der Waals surface area contributed by atoms with Crippen LogP contribution in [0.15, 0.2) is 36.4 Å². The molecule has 0 saturated carbocycles. The maximum Gasteiger partial charge on any atom is 0.261 e. The van der Waals surface area contributed by atoms with Crippen molar-refractivity contribution >= 4 is 23.0 Å². The van der Waals surface area contributed by atoms with Crippen molar-refractivity contribution in [2.24, 2.45) is 0 Å². The second kappa shape index (κ2) is 8.38. The molecule has 1 amide bonds. The number of rotatable bonds is 6. The first-order valence-corrected chi connectivity index (χ1v) is 9.32. The molecule has 1 aliphatic rings. The SMILES string of the molecule is CC(=O)c1ccc(C(=O)NCc2ccccc2C[NH+]2CCOCC2)s1. The highest BCUT2D eigenvalue weighted by Crippen LogP contribution is 2.17. The molecular formula is C19H23N2O3S+. The van der Waals surface area contributed by atoms with Gasteiger partial charge in [-0.05, 0) is 24.6 Å². The normalized spacial score (nSPS) is 15.1. The summed E-state index contributed by atoms with van der Waals surface area (Å²) in [5.74, 6) is -0.145. The molecular weight excluding hydrogens is 336 g/mol. The van der Waals surface area contributed by atoms with Gasteiger partial charge in [0.05, 0.1) is 23.0 Å². The van der Waals surface area contributed by atoms with Crippen molar-refractivity contribution in [3.05, 3.63) is 57.3 Å². The number of carbonyl (C=O) groups is 2. The van der Waals surface area contributed by atoms with Gasteiger partial charge in [-0.1, -0.05) is 24.3 Å². The lowest BCUT2D eigenvalue weighted by Gasteiger charge is -2.24. The van der Waals surface area contributed by atoms with Crippen molar-refractivity contribution in [3.63, 3.8) is 0 Å². The molecule has 0 radical (unpaired) electrons. The molecule has 3 rings (SSSR count). The van der Waals surface area contributed by atoms with Crippen LogP contribution in [0.3, 0.4) is 0 Å². The van der Waals surface area contributed by atoms with Gasteiger partial charge in [-0.2, -0.15) is 0 Å². The minimum absolute atomic E-state index is 0.0112. The first-order chi connectivity index (χ1) is 12.1. The van der Waals surface area contributed by atoms with Crippen LogP contribution >= 0.6 is 11.3 Å². The van der Waals surface area contributed by atoms with Gasteiger partial charge in [0.25, 0.3) is 5.91 Å². The number of nitrogens with one attached hydrogen (secondary N) is 2. The van der Waals surface area contributed by atoms with Crippen LogP contribution in [-0.2, 0) is 17.8 Å². The highest BCUT2D eigenvalue weighted by molar-refractivity contribution is 7.15. The number of quaternary nitrogens is 1. The summed E-state index contributed by atoms with van der Waals surface area (Å²) in [6, 6.07) is 11.6. The van der Waals surface area contributed by atoms with E-state index < -0.39 is 0 Å². The fourth-order valence-corrected chi connectivity index (χ4v) is 3.74. The molecule has 2 heterocycles. The predicted molar refractivity (Wildman–Crippen MR) is 97.2 cm³/mol. The van der Waals surface area contributed by atoms with E-state index >= 15 is 0 Å². The summed E-state index contributed by atoms with van der Waals surface area (Å²) in [6.07, 6.45) is 0. The van der Waals surface area contributed by atoms with Crippen LogP contribution in [0.25, 0.3) is 0 Å². The number of thiophene rings is 1. The molecule has 1 aliphatic heterocycles. The molecule has 0 spiro atoms. The summed E-state index contributed by atoms with van der Waals surface area (Å²) < 4.78 is 5.41. The summed E-state index contributed by atoms with van der Waals surface area (Å²) in [5, 5.41) is 2.97. The summed E-state index contributed by atoms with van der Waals surface area (Å²) in [5.41, 5.74) is 2.40. The lowest BCUT2D eigenvalue weighted by Crippen LogP contribution is -3.12. The topological polar surface area (TPSA) is 59.8 Å². The number of ether oxygens (including phenoxy) is 1. The average Bonchev–Trinajstić information content (AvgIpc) is 3.12. The molecule has 1 aromatic heterocycles. The van der Waals surface area contributed by atoms with Gasteiger partial charge in [0.2, 0.25) is 0 Å². The first kappa shape index (κ1) is 17.8. The Balaban J connectivity index is 1.62. The number of ketones is 1. The highest BCUT2D eigenvalue weighted by Gasteiger charge is 2.17. The van der Waals surface area contributed by atoms with Gasteiger partial charge in [0.15, 0.2) is 5.78 Å². The smallest absolute Gasteiger partial charge is 0.261 e. The van der Waals surface area contributed by atoms with E-state index in [9.17, 15) is 9.59 Å². The molecule has 2 aromatic rings. The number of amides is 1. The zero-order valence-corrected chi connectivity index (χ0v) is 15.2. The third kappa shape index (κ3) is 4.75. The summed E-state index contributed by atoms with van der Waals surface area (Å²) in [6.45, 7) is 6.61. The highest BCUT2D eigenvalue weighted by atomic mass is 32.1. The van der Waals surface area contributed by atoms with Gasteiger partial charge >= 0.3 is 0 Å². The van der Waals surface area contributed by atoms with E-state index in [0.29, 0.717) is 16.3 Å². The summed E-state index contributed by atoms with van der Waals surface area (Å²) in [7, 11) is 0. The average molecular weight is 359 g/mol. The Bertz CT molecular complexity index is 751. The van der Waals surface area contributed by atoms with Gasteiger partial charge in [-0.15, -0.1) is 11.3 Å². The molecule has 0 aliphatic carbocycles. The molecule has 0 bridgehead atoms. The lowest BCUT2D eigenvalue weighted by molar-refractivity contribution is -0.921. The Morgan fingerprint density at radius 3 is 2.44 bits per heavy atom. The molecule has 1 fully saturated rings. The number of Topliss-reactive ketones (excluding diaryl/α,β-unsaturated/α-hetero) is 1. The van der Waals surface area contributed by atoms with E-state index in [1.54, 1.807) is 12.1 Å². The first-order valence-electron chi connectivity index (χ1n) is 8.50. The van der Waals surface area contributed by atoms with Crippen LogP contribution in [0.1, 0.15) is 37.4 Å². The second-order valence-corrected chi connectivity index (χ2v) is 7.29. The number of benzene rings is 1. The van der Waals surface area contributed by atoms with E-state index in [4.69, 9.17) is 4.74 Å². The van der Waals surface area contributed by atoms with Gasteiger partial charge < -0.3 is 15.0 Å². The molecule has 132 valence electrons. The van der Waals surface area contributed by atoms with Crippen molar-refractivity contribution < 1.29 is 19.2 Å². The van der Waals surface area contributed by atoms with Crippen LogP contribution in [0, 0.1) is 0 Å². The third-order valence-electron chi connectivity index (χ3n) is 4.37. The maximum atomic E-state index is 12.3. The summed E-state index contributed by atoms with van der Waals surface area (Å²) in [4.78, 5) is 26.4. The molecule has 1 aromatic carbocycles. The van der Waals surface area contributed by atoms with Crippen molar-refractivity contribution in [1.29, 1.82) is 0 Å². The molecule has 25 heavy (non-hydrogen) atoms. The molecule has 2 N–H and O–H groups in total. The Morgan fingerprint density at radius 1 is 1.08 bits per heavy atom. The Morgan fingerprint density at radius 2 is 1.76 bits per heavy atom. The Hall–Kier alpha value is -2.02.